The van der Waals surface area contributed by atoms with Crippen molar-refractivity contribution < 1.29 is 0 Å². The van der Waals surface area contributed by atoms with Gasteiger partial charge in [0.15, 0.2) is 0 Å². The molecule has 216 valence electrons. The Bertz CT molecular complexity index is 2720. The van der Waals surface area contributed by atoms with Crippen LogP contribution in [0.4, 0.5) is 0 Å². The molecular weight excluding hydrogens is 565 g/mol. The number of hydrogen-bond donors (Lipinski definition) is 0. The van der Waals surface area contributed by atoms with Gasteiger partial charge in [-0.1, -0.05) is 158 Å². The van der Waals surface area contributed by atoms with Gasteiger partial charge in [-0.2, -0.15) is 0 Å². The standard InChI is InChI=1S/C47H28/c1-2-12-32-29(11-1)23-26-44-46(32)40-25-22-31(28-45(40)47(44)42-19-9-7-17-38(42)39-18-8-10-20-43(39)47)30-21-24-37-35-15-4-3-13-33(35)34-14-5-6-16-36(34)41(37)27-30/h1-28H. The highest BCUT2D eigenvalue weighted by atomic mass is 14.5. The fourth-order valence-electron chi connectivity index (χ4n) is 9.17. The Labute approximate surface area is 273 Å². The van der Waals surface area contributed by atoms with Gasteiger partial charge in [-0.05, 0) is 111 Å². The summed E-state index contributed by atoms with van der Waals surface area (Å²) in [6.07, 6.45) is 0. The van der Waals surface area contributed by atoms with E-state index in [2.05, 4.69) is 170 Å². The van der Waals surface area contributed by atoms with Crippen LogP contribution in [0.5, 0.6) is 0 Å². The second-order valence-electron chi connectivity index (χ2n) is 13.2. The van der Waals surface area contributed by atoms with Gasteiger partial charge in [0.1, 0.15) is 0 Å². The summed E-state index contributed by atoms with van der Waals surface area (Å²) < 4.78 is 0. The minimum atomic E-state index is -0.377. The molecule has 0 N–H and O–H groups in total. The predicted molar refractivity (Wildman–Crippen MR) is 198 cm³/mol. The third-order valence-corrected chi connectivity index (χ3v) is 11.1. The molecule has 0 fully saturated rings. The zero-order chi connectivity index (χ0) is 30.7. The van der Waals surface area contributed by atoms with Crippen molar-refractivity contribution >= 4 is 43.1 Å². The largest absolute Gasteiger partial charge is 0.0725 e. The normalized spacial score (nSPS) is 13.7. The van der Waals surface area contributed by atoms with Crippen LogP contribution in [0.1, 0.15) is 22.3 Å². The van der Waals surface area contributed by atoms with Gasteiger partial charge in [0.05, 0.1) is 5.41 Å². The minimum absolute atomic E-state index is 0.377. The van der Waals surface area contributed by atoms with Crippen LogP contribution in [-0.4, -0.2) is 0 Å². The molecule has 0 saturated carbocycles. The Kier molecular flexibility index (Phi) is 4.86. The van der Waals surface area contributed by atoms with E-state index in [1.165, 1.54) is 98.7 Å². The molecular formula is C47H28. The van der Waals surface area contributed by atoms with Crippen molar-refractivity contribution in [1.29, 1.82) is 0 Å². The lowest BCUT2D eigenvalue weighted by molar-refractivity contribution is 0.795. The first-order valence-electron chi connectivity index (χ1n) is 16.5. The third kappa shape index (κ3) is 3.13. The smallest absolute Gasteiger partial charge is 0.0619 e. The monoisotopic (exact) mass is 592 g/mol. The molecule has 1 spiro atoms. The molecule has 0 radical (unpaired) electrons. The quantitative estimate of drug-likeness (QED) is 0.166. The molecule has 47 heavy (non-hydrogen) atoms. The van der Waals surface area contributed by atoms with E-state index in [4.69, 9.17) is 0 Å². The molecule has 0 heteroatoms. The molecule has 0 unspecified atom stereocenters. The molecule has 0 saturated heterocycles. The van der Waals surface area contributed by atoms with Crippen LogP contribution in [0.3, 0.4) is 0 Å². The summed E-state index contributed by atoms with van der Waals surface area (Å²) >= 11 is 0. The summed E-state index contributed by atoms with van der Waals surface area (Å²) in [5, 5.41) is 10.4. The summed E-state index contributed by atoms with van der Waals surface area (Å²) in [6.45, 7) is 0. The maximum absolute atomic E-state index is 2.51. The van der Waals surface area contributed by atoms with Crippen molar-refractivity contribution in [3.63, 3.8) is 0 Å². The highest BCUT2D eigenvalue weighted by molar-refractivity contribution is 6.25. The minimum Gasteiger partial charge on any atom is -0.0619 e. The van der Waals surface area contributed by atoms with Gasteiger partial charge in [0.2, 0.25) is 0 Å². The van der Waals surface area contributed by atoms with Gasteiger partial charge in [-0.15, -0.1) is 0 Å². The van der Waals surface area contributed by atoms with E-state index < -0.39 is 0 Å². The summed E-state index contributed by atoms with van der Waals surface area (Å²) in [5.41, 5.74) is 13.0. The van der Waals surface area contributed by atoms with E-state index in [9.17, 15) is 0 Å². The predicted octanol–water partition coefficient (Wildman–Crippen LogP) is 12.3. The maximum Gasteiger partial charge on any atom is 0.0725 e. The fourth-order valence-corrected chi connectivity index (χ4v) is 9.17. The molecule has 2 aliphatic rings. The van der Waals surface area contributed by atoms with Crippen molar-refractivity contribution in [2.75, 3.05) is 0 Å². The van der Waals surface area contributed by atoms with Gasteiger partial charge >= 0.3 is 0 Å². The summed E-state index contributed by atoms with van der Waals surface area (Å²) in [5.74, 6) is 0. The first-order valence-corrected chi connectivity index (χ1v) is 16.5. The van der Waals surface area contributed by atoms with E-state index in [0.29, 0.717) is 0 Å². The Morgan fingerprint density at radius 3 is 1.47 bits per heavy atom. The third-order valence-electron chi connectivity index (χ3n) is 11.1. The molecule has 0 bridgehead atoms. The molecule has 0 aliphatic heterocycles. The Morgan fingerprint density at radius 2 is 0.787 bits per heavy atom. The Balaban J connectivity index is 1.24. The van der Waals surface area contributed by atoms with Crippen LogP contribution in [0.2, 0.25) is 0 Å². The van der Waals surface area contributed by atoms with Crippen LogP contribution in [0.25, 0.3) is 76.5 Å². The number of rotatable bonds is 1. The van der Waals surface area contributed by atoms with E-state index in [1.807, 2.05) is 0 Å². The SMILES string of the molecule is c1ccc2c(c1)-c1ccccc1C21c2cc(-c3ccc4c5ccccc5c5ccccc5c4c3)ccc2-c2c1ccc1ccccc21. The van der Waals surface area contributed by atoms with Crippen LogP contribution >= 0.6 is 0 Å². The van der Waals surface area contributed by atoms with Crippen LogP contribution in [0, 0.1) is 0 Å². The van der Waals surface area contributed by atoms with E-state index >= 15 is 0 Å². The zero-order valence-electron chi connectivity index (χ0n) is 25.7. The van der Waals surface area contributed by atoms with E-state index in [-0.39, 0.29) is 5.41 Å². The van der Waals surface area contributed by atoms with Crippen molar-refractivity contribution in [3.8, 4) is 33.4 Å². The van der Waals surface area contributed by atoms with E-state index in [1.54, 1.807) is 0 Å². The van der Waals surface area contributed by atoms with Crippen molar-refractivity contribution in [2.45, 2.75) is 5.41 Å². The Morgan fingerprint density at radius 1 is 0.277 bits per heavy atom. The second-order valence-corrected chi connectivity index (χ2v) is 13.2. The van der Waals surface area contributed by atoms with E-state index in [0.717, 1.165) is 0 Å². The van der Waals surface area contributed by atoms with Crippen LogP contribution in [0.15, 0.2) is 170 Å². The van der Waals surface area contributed by atoms with Gasteiger partial charge in [-0.25, -0.2) is 0 Å². The molecule has 2 aliphatic carbocycles. The van der Waals surface area contributed by atoms with Gasteiger partial charge < -0.3 is 0 Å². The van der Waals surface area contributed by atoms with Crippen LogP contribution in [-0.2, 0) is 5.41 Å². The maximum atomic E-state index is 2.51. The first-order chi connectivity index (χ1) is 23.3. The molecule has 0 atom stereocenters. The summed E-state index contributed by atoms with van der Waals surface area (Å²) in [6, 6.07) is 63.8. The molecule has 0 nitrogen and oxygen atoms in total. The van der Waals surface area contributed by atoms with Gasteiger partial charge in [-0.3, -0.25) is 0 Å². The molecule has 9 aromatic rings. The van der Waals surface area contributed by atoms with Crippen molar-refractivity contribution in [1.82, 2.24) is 0 Å². The van der Waals surface area contributed by atoms with Gasteiger partial charge in [0, 0.05) is 0 Å². The summed E-state index contributed by atoms with van der Waals surface area (Å²) in [7, 11) is 0. The number of hydrogen-bond acceptors (Lipinski definition) is 0. The Hall–Kier alpha value is -5.98. The molecule has 9 aromatic carbocycles. The molecule has 11 rings (SSSR count). The average molecular weight is 593 g/mol. The molecule has 0 aromatic heterocycles. The lowest BCUT2D eigenvalue weighted by atomic mass is 9.70. The van der Waals surface area contributed by atoms with Gasteiger partial charge in [0.25, 0.3) is 0 Å². The molecule has 0 amide bonds. The second kappa shape index (κ2) is 9.06. The zero-order valence-corrected chi connectivity index (χ0v) is 25.7. The fraction of sp³-hybridized carbons (Fsp3) is 0.0213. The summed E-state index contributed by atoms with van der Waals surface area (Å²) in [4.78, 5) is 0. The average Bonchev–Trinajstić information content (AvgIpc) is 3.62. The highest BCUT2D eigenvalue weighted by Gasteiger charge is 2.52. The topological polar surface area (TPSA) is 0 Å². The highest BCUT2D eigenvalue weighted by Crippen LogP contribution is 2.64. The molecule has 0 heterocycles. The lowest BCUT2D eigenvalue weighted by Crippen LogP contribution is -2.25. The lowest BCUT2D eigenvalue weighted by Gasteiger charge is -2.31. The van der Waals surface area contributed by atoms with Crippen molar-refractivity contribution in [3.05, 3.63) is 192 Å². The van der Waals surface area contributed by atoms with Crippen LogP contribution < -0.4 is 0 Å². The number of fused-ring (bicyclic) bond motifs is 18. The number of benzene rings is 9. The first kappa shape index (κ1) is 25.2. The van der Waals surface area contributed by atoms with Crippen molar-refractivity contribution in [2.24, 2.45) is 0 Å².